The molecule has 0 aromatic rings. The molecule has 0 aliphatic carbocycles. The Hall–Kier alpha value is -0.390. The maximum absolute atomic E-state index is 11.6. The van der Waals surface area contributed by atoms with E-state index in [4.69, 9.17) is 5.73 Å². The van der Waals surface area contributed by atoms with Gasteiger partial charge in [-0.05, 0) is 12.8 Å². The van der Waals surface area contributed by atoms with Crippen LogP contribution in [0.5, 0.6) is 0 Å². The van der Waals surface area contributed by atoms with Crippen LogP contribution in [0.1, 0.15) is 19.3 Å². The van der Waals surface area contributed by atoms with E-state index < -0.39 is 25.1 Å². The van der Waals surface area contributed by atoms with Crippen molar-refractivity contribution in [1.82, 2.24) is 0 Å². The number of rotatable bonds is 4. The molecule has 0 saturated carbocycles. The van der Waals surface area contributed by atoms with Crippen LogP contribution in [0.25, 0.3) is 0 Å². The third kappa shape index (κ3) is 6.33. The minimum atomic E-state index is -4.28. The summed E-state index contributed by atoms with van der Waals surface area (Å²) in [5.41, 5.74) is 4.83. The highest BCUT2D eigenvalue weighted by molar-refractivity contribution is 4.64. The topological polar surface area (TPSA) is 26.0 Å². The van der Waals surface area contributed by atoms with Crippen molar-refractivity contribution in [3.05, 3.63) is 0 Å². The maximum atomic E-state index is 11.6. The van der Waals surface area contributed by atoms with E-state index in [2.05, 4.69) is 0 Å². The van der Waals surface area contributed by atoms with Crippen LogP contribution >= 0.6 is 0 Å². The summed E-state index contributed by atoms with van der Waals surface area (Å²) < 4.78 is 57.7. The van der Waals surface area contributed by atoms with Gasteiger partial charge in [0.15, 0.2) is 0 Å². The normalized spacial score (nSPS) is 15.2. The van der Waals surface area contributed by atoms with Gasteiger partial charge in [-0.1, -0.05) is 0 Å². The predicted octanol–water partition coefficient (Wildman–Crippen LogP) is 2.31. The molecule has 0 aliphatic heterocycles. The quantitative estimate of drug-likeness (QED) is 0.678. The summed E-state index contributed by atoms with van der Waals surface area (Å²) in [5, 5.41) is 0. The second-order valence-corrected chi connectivity index (χ2v) is 2.51. The molecule has 0 aliphatic rings. The Morgan fingerprint density at radius 2 is 1.67 bits per heavy atom. The van der Waals surface area contributed by atoms with Gasteiger partial charge in [-0.25, -0.2) is 8.78 Å². The lowest BCUT2D eigenvalue weighted by molar-refractivity contribution is -0.136. The first-order chi connectivity index (χ1) is 5.33. The third-order valence-corrected chi connectivity index (χ3v) is 1.32. The summed E-state index contributed by atoms with van der Waals surface area (Å²) in [6.45, 7) is 0. The Balaban J connectivity index is 3.44. The van der Waals surface area contributed by atoms with Gasteiger partial charge in [0.2, 0.25) is 0 Å². The highest BCUT2D eigenvalue weighted by Gasteiger charge is 2.27. The van der Waals surface area contributed by atoms with Gasteiger partial charge >= 0.3 is 6.18 Å². The van der Waals surface area contributed by atoms with Crippen molar-refractivity contribution in [2.45, 2.75) is 37.9 Å². The molecular formula is C6H10F5N. The van der Waals surface area contributed by atoms with Gasteiger partial charge in [-0.3, -0.25) is 0 Å². The Morgan fingerprint density at radius 3 is 2.00 bits per heavy atom. The standard InChI is InChI=1S/C6H10F5N/c7-5(8)4(12)2-1-3-6(9,10)11/h4-5H,1-3,12H2. The van der Waals surface area contributed by atoms with Crippen molar-refractivity contribution in [1.29, 1.82) is 0 Å². The lowest BCUT2D eigenvalue weighted by Gasteiger charge is -2.10. The number of halogens is 5. The lowest BCUT2D eigenvalue weighted by atomic mass is 10.1. The Morgan fingerprint density at radius 1 is 1.17 bits per heavy atom. The predicted molar refractivity (Wildman–Crippen MR) is 33.9 cm³/mol. The van der Waals surface area contributed by atoms with Crippen LogP contribution in [0, 0.1) is 0 Å². The largest absolute Gasteiger partial charge is 0.389 e. The van der Waals surface area contributed by atoms with Gasteiger partial charge in [-0.2, -0.15) is 13.2 Å². The fraction of sp³-hybridized carbons (Fsp3) is 1.00. The molecule has 12 heavy (non-hydrogen) atoms. The molecule has 0 saturated heterocycles. The van der Waals surface area contributed by atoms with Crippen LogP contribution in [0.4, 0.5) is 22.0 Å². The van der Waals surface area contributed by atoms with Gasteiger partial charge in [0.25, 0.3) is 6.43 Å². The van der Waals surface area contributed by atoms with E-state index in [0.29, 0.717) is 0 Å². The third-order valence-electron chi connectivity index (χ3n) is 1.32. The number of hydrogen-bond donors (Lipinski definition) is 1. The van der Waals surface area contributed by atoms with E-state index in [9.17, 15) is 22.0 Å². The first kappa shape index (κ1) is 11.6. The van der Waals surface area contributed by atoms with Gasteiger partial charge in [0.1, 0.15) is 0 Å². The molecule has 0 aromatic heterocycles. The molecular weight excluding hydrogens is 181 g/mol. The minimum Gasteiger partial charge on any atom is -0.323 e. The molecule has 0 spiro atoms. The molecule has 6 heteroatoms. The van der Waals surface area contributed by atoms with Crippen molar-refractivity contribution in [2.75, 3.05) is 0 Å². The summed E-state index contributed by atoms with van der Waals surface area (Å²) in [7, 11) is 0. The van der Waals surface area contributed by atoms with E-state index in [0.717, 1.165) is 0 Å². The van der Waals surface area contributed by atoms with Crippen LogP contribution in [-0.2, 0) is 0 Å². The van der Waals surface area contributed by atoms with Gasteiger partial charge in [-0.15, -0.1) is 0 Å². The second-order valence-electron chi connectivity index (χ2n) is 2.51. The van der Waals surface area contributed by atoms with E-state index in [1.165, 1.54) is 0 Å². The number of alkyl halides is 5. The molecule has 0 radical (unpaired) electrons. The molecule has 1 atom stereocenters. The minimum absolute atomic E-state index is 0.294. The fourth-order valence-electron chi connectivity index (χ4n) is 0.664. The smallest absolute Gasteiger partial charge is 0.323 e. The fourth-order valence-corrected chi connectivity index (χ4v) is 0.664. The van der Waals surface area contributed by atoms with Crippen molar-refractivity contribution < 1.29 is 22.0 Å². The van der Waals surface area contributed by atoms with Gasteiger partial charge in [0.05, 0.1) is 6.04 Å². The van der Waals surface area contributed by atoms with Crippen LogP contribution in [-0.4, -0.2) is 18.6 Å². The van der Waals surface area contributed by atoms with E-state index >= 15 is 0 Å². The molecule has 74 valence electrons. The van der Waals surface area contributed by atoms with Crippen LogP contribution < -0.4 is 5.73 Å². The molecule has 0 fully saturated rings. The lowest BCUT2D eigenvalue weighted by Crippen LogP contribution is -2.28. The zero-order valence-corrected chi connectivity index (χ0v) is 6.24. The van der Waals surface area contributed by atoms with Crippen molar-refractivity contribution >= 4 is 0 Å². The van der Waals surface area contributed by atoms with Crippen LogP contribution in [0.3, 0.4) is 0 Å². The molecule has 0 bridgehead atoms. The molecule has 0 aromatic carbocycles. The summed E-state index contributed by atoms with van der Waals surface area (Å²) >= 11 is 0. The number of hydrogen-bond acceptors (Lipinski definition) is 1. The average molecular weight is 191 g/mol. The van der Waals surface area contributed by atoms with Crippen LogP contribution in [0.15, 0.2) is 0 Å². The number of nitrogens with two attached hydrogens (primary N) is 1. The van der Waals surface area contributed by atoms with Crippen molar-refractivity contribution in [3.8, 4) is 0 Å². The molecule has 1 unspecified atom stereocenters. The highest BCUT2D eigenvalue weighted by Crippen LogP contribution is 2.23. The first-order valence-corrected chi connectivity index (χ1v) is 3.43. The molecule has 0 amide bonds. The second kappa shape index (κ2) is 4.59. The Bertz CT molecular complexity index is 122. The summed E-state index contributed by atoms with van der Waals surface area (Å²) in [4.78, 5) is 0. The zero-order chi connectivity index (χ0) is 9.78. The monoisotopic (exact) mass is 191 g/mol. The van der Waals surface area contributed by atoms with Crippen LogP contribution in [0.2, 0.25) is 0 Å². The molecule has 0 rings (SSSR count). The van der Waals surface area contributed by atoms with Crippen molar-refractivity contribution in [2.24, 2.45) is 5.73 Å². The van der Waals surface area contributed by atoms with Gasteiger partial charge in [0, 0.05) is 6.42 Å². The van der Waals surface area contributed by atoms with Crippen molar-refractivity contribution in [3.63, 3.8) is 0 Å². The van der Waals surface area contributed by atoms with E-state index in [1.54, 1.807) is 0 Å². The van der Waals surface area contributed by atoms with Gasteiger partial charge < -0.3 is 5.73 Å². The zero-order valence-electron chi connectivity index (χ0n) is 6.24. The molecule has 0 heterocycles. The Kier molecular flexibility index (Phi) is 4.44. The van der Waals surface area contributed by atoms with E-state index in [-0.39, 0.29) is 12.8 Å². The maximum Gasteiger partial charge on any atom is 0.389 e. The SMILES string of the molecule is NC(CCCC(F)(F)F)C(F)F. The molecule has 1 nitrogen and oxygen atoms in total. The Labute approximate surface area is 66.7 Å². The summed E-state index contributed by atoms with van der Waals surface area (Å²) in [6.07, 6.45) is -8.69. The summed E-state index contributed by atoms with van der Waals surface area (Å²) in [6, 6.07) is -1.44. The summed E-state index contributed by atoms with van der Waals surface area (Å²) in [5.74, 6) is 0. The highest BCUT2D eigenvalue weighted by atomic mass is 19.4. The average Bonchev–Trinajstić information content (AvgIpc) is 1.84. The molecule has 2 N–H and O–H groups in total. The first-order valence-electron chi connectivity index (χ1n) is 3.43. The van der Waals surface area contributed by atoms with E-state index in [1.807, 2.05) is 0 Å².